The van der Waals surface area contributed by atoms with Crippen molar-refractivity contribution in [3.05, 3.63) is 0 Å². The van der Waals surface area contributed by atoms with Gasteiger partial charge >= 0.3 is 0 Å². The number of hydrogen-bond donors (Lipinski definition) is 1. The van der Waals surface area contributed by atoms with Crippen LogP contribution in [-0.2, 0) is 4.74 Å². The van der Waals surface area contributed by atoms with Gasteiger partial charge < -0.3 is 4.74 Å². The van der Waals surface area contributed by atoms with Gasteiger partial charge in [0.1, 0.15) is 6.10 Å². The van der Waals surface area contributed by atoms with Gasteiger partial charge in [-0.3, -0.25) is 5.41 Å². The number of rotatable bonds is 5. The Morgan fingerprint density at radius 1 is 1.38 bits per heavy atom. The van der Waals surface area contributed by atoms with E-state index in [-0.39, 0.29) is 0 Å². The summed E-state index contributed by atoms with van der Waals surface area (Å²) < 4.78 is 5.45. The maximum absolute atomic E-state index is 7.41. The molecule has 1 rings (SSSR count). The fraction of sp³-hybridized carbons (Fsp3) is 0.909. The van der Waals surface area contributed by atoms with E-state index in [9.17, 15) is 0 Å². The lowest BCUT2D eigenvalue weighted by molar-refractivity contribution is 0.135. The number of hydrogen-bond acceptors (Lipinski definition) is 2. The number of ether oxygens (including phenoxy) is 1. The molecule has 76 valence electrons. The van der Waals surface area contributed by atoms with Crippen molar-refractivity contribution in [3.8, 4) is 0 Å². The van der Waals surface area contributed by atoms with E-state index in [1.807, 2.05) is 0 Å². The van der Waals surface area contributed by atoms with Crippen LogP contribution in [0.25, 0.3) is 0 Å². The highest BCUT2D eigenvalue weighted by Crippen LogP contribution is 2.19. The first-order chi connectivity index (χ1) is 6.33. The molecule has 0 radical (unpaired) electrons. The summed E-state index contributed by atoms with van der Waals surface area (Å²) >= 11 is 0. The van der Waals surface area contributed by atoms with Crippen LogP contribution >= 0.6 is 0 Å². The average molecular weight is 183 g/mol. The largest absolute Gasteiger partial charge is 0.478 e. The molecular formula is C11H21NO. The normalized spacial score (nSPS) is 22.8. The van der Waals surface area contributed by atoms with Gasteiger partial charge in [-0.05, 0) is 25.7 Å². The van der Waals surface area contributed by atoms with E-state index in [4.69, 9.17) is 10.1 Å². The van der Waals surface area contributed by atoms with E-state index in [1.54, 1.807) is 0 Å². The van der Waals surface area contributed by atoms with Gasteiger partial charge in [-0.2, -0.15) is 0 Å². The third kappa shape index (κ3) is 4.30. The zero-order valence-electron chi connectivity index (χ0n) is 8.64. The van der Waals surface area contributed by atoms with Crippen LogP contribution in [-0.4, -0.2) is 12.0 Å². The van der Waals surface area contributed by atoms with Crippen molar-refractivity contribution in [2.24, 2.45) is 0 Å². The molecule has 0 aliphatic carbocycles. The first-order valence-electron chi connectivity index (χ1n) is 5.57. The molecule has 0 saturated carbocycles. The van der Waals surface area contributed by atoms with E-state index in [0.717, 1.165) is 25.7 Å². The smallest absolute Gasteiger partial charge is 0.180 e. The zero-order valence-corrected chi connectivity index (χ0v) is 8.64. The molecule has 13 heavy (non-hydrogen) atoms. The molecule has 1 unspecified atom stereocenters. The highest BCUT2D eigenvalue weighted by molar-refractivity contribution is 5.73. The predicted octanol–water partition coefficient (Wildman–Crippen LogP) is 3.50. The Hall–Kier alpha value is -0.530. The van der Waals surface area contributed by atoms with Crippen LogP contribution in [0.15, 0.2) is 0 Å². The van der Waals surface area contributed by atoms with E-state index in [0.29, 0.717) is 12.0 Å². The van der Waals surface area contributed by atoms with Crippen molar-refractivity contribution in [1.82, 2.24) is 0 Å². The summed E-state index contributed by atoms with van der Waals surface area (Å²) in [5.74, 6) is 0.506. The monoisotopic (exact) mass is 183 g/mol. The molecule has 0 aromatic heterocycles. The quantitative estimate of drug-likeness (QED) is 0.650. The molecule has 1 aliphatic heterocycles. The van der Waals surface area contributed by atoms with Crippen LogP contribution in [0.2, 0.25) is 0 Å². The Morgan fingerprint density at radius 2 is 2.23 bits per heavy atom. The molecule has 1 saturated heterocycles. The minimum absolute atomic E-state index is 0.359. The third-order valence-electron chi connectivity index (χ3n) is 2.62. The van der Waals surface area contributed by atoms with Crippen LogP contribution in [0.1, 0.15) is 58.3 Å². The van der Waals surface area contributed by atoms with Crippen LogP contribution in [0.3, 0.4) is 0 Å². The second kappa shape index (κ2) is 6.01. The van der Waals surface area contributed by atoms with Crippen molar-refractivity contribution in [1.29, 1.82) is 5.41 Å². The first kappa shape index (κ1) is 10.6. The molecule has 1 heterocycles. The van der Waals surface area contributed by atoms with E-state index >= 15 is 0 Å². The third-order valence-corrected chi connectivity index (χ3v) is 2.62. The second-order valence-corrected chi connectivity index (χ2v) is 3.90. The van der Waals surface area contributed by atoms with Gasteiger partial charge in [0, 0.05) is 6.42 Å². The van der Waals surface area contributed by atoms with E-state index < -0.39 is 0 Å². The molecule has 1 aliphatic rings. The van der Waals surface area contributed by atoms with Gasteiger partial charge in [0.25, 0.3) is 0 Å². The molecule has 0 amide bonds. The highest BCUT2D eigenvalue weighted by Gasteiger charge is 2.16. The minimum atomic E-state index is 0.359. The van der Waals surface area contributed by atoms with Gasteiger partial charge in [-0.1, -0.05) is 26.2 Å². The molecule has 0 aromatic rings. The summed E-state index contributed by atoms with van der Waals surface area (Å²) in [5.41, 5.74) is 0. The summed E-state index contributed by atoms with van der Waals surface area (Å²) in [7, 11) is 0. The Bertz CT molecular complexity index is 156. The standard InChI is InChI=1S/C11H21NO/c1-2-3-4-5-7-10-8-6-9-11(12)13-10/h10,12H,2-9H2,1H3. The van der Waals surface area contributed by atoms with Crippen molar-refractivity contribution in [2.75, 3.05) is 0 Å². The van der Waals surface area contributed by atoms with Crippen molar-refractivity contribution < 1.29 is 4.74 Å². The lowest BCUT2D eigenvalue weighted by atomic mass is 10.0. The van der Waals surface area contributed by atoms with Crippen LogP contribution in [0, 0.1) is 5.41 Å². The van der Waals surface area contributed by atoms with Crippen molar-refractivity contribution >= 4 is 5.90 Å². The maximum atomic E-state index is 7.41. The van der Waals surface area contributed by atoms with Crippen LogP contribution in [0.5, 0.6) is 0 Å². The summed E-state index contributed by atoms with van der Waals surface area (Å²) in [6, 6.07) is 0. The summed E-state index contributed by atoms with van der Waals surface area (Å²) in [6.45, 7) is 2.23. The molecule has 1 fully saturated rings. The van der Waals surface area contributed by atoms with Gasteiger partial charge in [0.05, 0.1) is 0 Å². The Kier molecular flexibility index (Phi) is 4.87. The Labute approximate surface area is 81.2 Å². The summed E-state index contributed by atoms with van der Waals surface area (Å²) in [4.78, 5) is 0. The lowest BCUT2D eigenvalue weighted by Gasteiger charge is -2.23. The van der Waals surface area contributed by atoms with Gasteiger partial charge in [0.15, 0.2) is 5.90 Å². The highest BCUT2D eigenvalue weighted by atomic mass is 16.5. The van der Waals surface area contributed by atoms with E-state index in [2.05, 4.69) is 6.92 Å². The van der Waals surface area contributed by atoms with Crippen molar-refractivity contribution in [3.63, 3.8) is 0 Å². The first-order valence-corrected chi connectivity index (χ1v) is 5.57. The summed E-state index contributed by atoms with van der Waals surface area (Å²) in [6.07, 6.45) is 9.90. The summed E-state index contributed by atoms with van der Waals surface area (Å²) in [5, 5.41) is 7.41. The molecule has 1 N–H and O–H groups in total. The van der Waals surface area contributed by atoms with Crippen LogP contribution < -0.4 is 0 Å². The molecule has 1 atom stereocenters. The minimum Gasteiger partial charge on any atom is -0.478 e. The SMILES string of the molecule is CCCCCCC1CCCC(=N)O1. The van der Waals surface area contributed by atoms with Gasteiger partial charge in [-0.25, -0.2) is 0 Å². The van der Waals surface area contributed by atoms with Gasteiger partial charge in [-0.15, -0.1) is 0 Å². The topological polar surface area (TPSA) is 33.1 Å². The fourth-order valence-electron chi connectivity index (χ4n) is 1.81. The Balaban J connectivity index is 2.03. The lowest BCUT2D eigenvalue weighted by Crippen LogP contribution is -2.22. The molecule has 2 nitrogen and oxygen atoms in total. The molecule has 0 bridgehead atoms. The van der Waals surface area contributed by atoms with E-state index in [1.165, 1.54) is 25.7 Å². The van der Waals surface area contributed by atoms with Gasteiger partial charge in [0.2, 0.25) is 0 Å². The van der Waals surface area contributed by atoms with Crippen molar-refractivity contribution in [2.45, 2.75) is 64.4 Å². The predicted molar refractivity (Wildman–Crippen MR) is 55.2 cm³/mol. The van der Waals surface area contributed by atoms with Crippen LogP contribution in [0.4, 0.5) is 0 Å². The fourth-order valence-corrected chi connectivity index (χ4v) is 1.81. The average Bonchev–Trinajstić information content (AvgIpc) is 2.13. The molecule has 2 heteroatoms. The second-order valence-electron chi connectivity index (χ2n) is 3.90. The molecule has 0 aromatic carbocycles. The maximum Gasteiger partial charge on any atom is 0.180 e. The molecular weight excluding hydrogens is 162 g/mol. The molecule has 0 spiro atoms. The Morgan fingerprint density at radius 3 is 2.92 bits per heavy atom. The zero-order chi connectivity index (χ0) is 9.52. The number of unbranched alkanes of at least 4 members (excludes halogenated alkanes) is 3. The number of nitrogens with one attached hydrogen (secondary N) is 1.